The van der Waals surface area contributed by atoms with Crippen LogP contribution in [0.3, 0.4) is 0 Å². The van der Waals surface area contributed by atoms with Crippen molar-refractivity contribution in [1.82, 2.24) is 15.3 Å². The molecule has 0 radical (unpaired) electrons. The van der Waals surface area contributed by atoms with Crippen molar-refractivity contribution in [2.45, 2.75) is 24.6 Å². The fraction of sp³-hybridized carbons (Fsp3) is 0.312. The number of methoxy groups -OCH3 is 1. The van der Waals surface area contributed by atoms with Crippen LogP contribution in [0.2, 0.25) is 0 Å². The average molecular weight is 368 g/mol. The van der Waals surface area contributed by atoms with Crippen molar-refractivity contribution in [1.29, 1.82) is 0 Å². The maximum atomic E-state index is 13.0. The van der Waals surface area contributed by atoms with Crippen LogP contribution in [0.15, 0.2) is 36.7 Å². The summed E-state index contributed by atoms with van der Waals surface area (Å²) >= 11 is 5.12. The van der Waals surface area contributed by atoms with Gasteiger partial charge in [-0.25, -0.2) is 4.98 Å². The third-order valence-corrected chi connectivity index (χ3v) is 4.04. The van der Waals surface area contributed by atoms with Gasteiger partial charge in [0.05, 0.1) is 18.4 Å². The van der Waals surface area contributed by atoms with E-state index in [-0.39, 0.29) is 22.9 Å². The lowest BCUT2D eigenvalue weighted by atomic mass is 10.2. The number of thiocarbonyl (C=S) groups is 1. The summed E-state index contributed by atoms with van der Waals surface area (Å²) in [7, 11) is 1.57. The number of aromatic nitrogens is 2. The van der Waals surface area contributed by atoms with Gasteiger partial charge in [0.2, 0.25) is 0 Å². The predicted molar refractivity (Wildman–Crippen MR) is 90.5 cm³/mol. The summed E-state index contributed by atoms with van der Waals surface area (Å²) in [5, 5.41) is 5.61. The highest BCUT2D eigenvalue weighted by molar-refractivity contribution is 7.80. The van der Waals surface area contributed by atoms with E-state index in [1.54, 1.807) is 19.4 Å². The molecule has 1 aliphatic carbocycles. The molecule has 2 aromatic rings. The van der Waals surface area contributed by atoms with Crippen molar-refractivity contribution < 1.29 is 17.9 Å². The highest BCUT2D eigenvalue weighted by Gasteiger charge is 2.42. The molecule has 3 rings (SSSR count). The predicted octanol–water partition coefficient (Wildman–Crippen LogP) is 3.35. The molecule has 0 aliphatic heterocycles. The van der Waals surface area contributed by atoms with Crippen LogP contribution in [0, 0.1) is 0 Å². The third-order valence-electron chi connectivity index (χ3n) is 3.82. The number of nitrogens with zero attached hydrogens (tertiary/aromatic N) is 2. The van der Waals surface area contributed by atoms with E-state index in [2.05, 4.69) is 20.6 Å². The molecule has 2 N–H and O–H groups in total. The molecule has 9 heteroatoms. The Morgan fingerprint density at radius 2 is 1.96 bits per heavy atom. The van der Waals surface area contributed by atoms with Crippen LogP contribution in [-0.2, 0) is 6.18 Å². The van der Waals surface area contributed by atoms with E-state index in [0.29, 0.717) is 5.75 Å². The summed E-state index contributed by atoms with van der Waals surface area (Å²) in [5.41, 5.74) is -0.0583. The smallest absolute Gasteiger partial charge is 0.419 e. The topological polar surface area (TPSA) is 59.1 Å². The number of ether oxygens (including phenoxy) is 1. The fourth-order valence-corrected chi connectivity index (χ4v) is 2.80. The van der Waals surface area contributed by atoms with Gasteiger partial charge in [-0.1, -0.05) is 0 Å². The van der Waals surface area contributed by atoms with Gasteiger partial charge in [-0.2, -0.15) is 13.2 Å². The Bertz CT molecular complexity index is 784. The quantitative estimate of drug-likeness (QED) is 0.808. The van der Waals surface area contributed by atoms with E-state index in [9.17, 15) is 13.2 Å². The van der Waals surface area contributed by atoms with E-state index >= 15 is 0 Å². The van der Waals surface area contributed by atoms with Crippen LogP contribution in [-0.4, -0.2) is 28.2 Å². The summed E-state index contributed by atoms with van der Waals surface area (Å²) < 4.78 is 44.2. The second-order valence-electron chi connectivity index (χ2n) is 5.54. The first-order chi connectivity index (χ1) is 11.9. The first-order valence-electron chi connectivity index (χ1n) is 7.48. The van der Waals surface area contributed by atoms with E-state index in [1.165, 1.54) is 12.3 Å². The van der Waals surface area contributed by atoms with Gasteiger partial charge in [0, 0.05) is 24.4 Å². The molecule has 2 heterocycles. The Kier molecular flexibility index (Phi) is 4.76. The Morgan fingerprint density at radius 3 is 2.68 bits per heavy atom. The third kappa shape index (κ3) is 3.98. The Hall–Kier alpha value is -2.42. The minimum Gasteiger partial charge on any atom is -0.495 e. The summed E-state index contributed by atoms with van der Waals surface area (Å²) in [5.74, 6) is 0.460. The van der Waals surface area contributed by atoms with Gasteiger partial charge in [-0.15, -0.1) is 0 Å². The van der Waals surface area contributed by atoms with E-state index in [1.807, 2.05) is 6.07 Å². The minimum atomic E-state index is -4.50. The lowest BCUT2D eigenvalue weighted by Gasteiger charge is -2.14. The molecule has 0 aromatic carbocycles. The van der Waals surface area contributed by atoms with Crippen LogP contribution in [0.4, 0.5) is 19.0 Å². The first kappa shape index (κ1) is 17.4. The van der Waals surface area contributed by atoms with Gasteiger partial charge in [-0.3, -0.25) is 4.98 Å². The van der Waals surface area contributed by atoms with E-state index in [0.717, 1.165) is 18.2 Å². The molecule has 2 atom stereocenters. The van der Waals surface area contributed by atoms with Crippen molar-refractivity contribution in [3.05, 3.63) is 47.9 Å². The van der Waals surface area contributed by atoms with Crippen molar-refractivity contribution in [2.75, 3.05) is 12.4 Å². The summed E-state index contributed by atoms with van der Waals surface area (Å²) in [4.78, 5) is 8.04. The molecule has 5 nitrogen and oxygen atoms in total. The lowest BCUT2D eigenvalue weighted by molar-refractivity contribution is -0.137. The molecule has 2 aromatic heterocycles. The van der Waals surface area contributed by atoms with Crippen molar-refractivity contribution in [2.24, 2.45) is 0 Å². The highest BCUT2D eigenvalue weighted by Crippen LogP contribution is 2.43. The standard InChI is InChI=1S/C16H15F3N4OS/c1-24-12-5-3-6-20-13(12)9-8-11(9)22-15(25)23-14-10(16(17,18)19)4-2-7-21-14/h2-7,9,11H,8H2,1H3,(H2,21,22,23,25). The number of pyridine rings is 2. The number of alkyl halides is 3. The van der Waals surface area contributed by atoms with Crippen LogP contribution < -0.4 is 15.4 Å². The van der Waals surface area contributed by atoms with E-state index < -0.39 is 11.7 Å². The zero-order valence-electron chi connectivity index (χ0n) is 13.2. The van der Waals surface area contributed by atoms with Crippen molar-refractivity contribution in [3.63, 3.8) is 0 Å². The molecule has 1 aliphatic rings. The number of rotatable bonds is 4. The highest BCUT2D eigenvalue weighted by atomic mass is 32.1. The Balaban J connectivity index is 1.64. The monoisotopic (exact) mass is 368 g/mol. The maximum Gasteiger partial charge on any atom is 0.419 e. The molecule has 2 unspecified atom stereocenters. The zero-order chi connectivity index (χ0) is 18.0. The second kappa shape index (κ2) is 6.83. The summed E-state index contributed by atoms with van der Waals surface area (Å²) in [6, 6.07) is 5.77. The normalized spacial score (nSPS) is 19.2. The summed E-state index contributed by atoms with van der Waals surface area (Å²) in [6.07, 6.45) is -0.786. The first-order valence-corrected chi connectivity index (χ1v) is 7.89. The van der Waals surface area contributed by atoms with Crippen LogP contribution in [0.1, 0.15) is 23.6 Å². The number of nitrogens with one attached hydrogen (secondary N) is 2. The molecule has 1 fully saturated rings. The van der Waals surface area contributed by atoms with Gasteiger partial charge in [-0.05, 0) is 42.9 Å². The van der Waals surface area contributed by atoms with Crippen molar-refractivity contribution in [3.8, 4) is 5.75 Å². The number of hydrogen-bond acceptors (Lipinski definition) is 4. The molecular formula is C16H15F3N4OS. The molecule has 0 amide bonds. The molecule has 0 spiro atoms. The number of anilines is 1. The second-order valence-corrected chi connectivity index (χ2v) is 5.94. The zero-order valence-corrected chi connectivity index (χ0v) is 14.0. The molecule has 0 saturated heterocycles. The van der Waals surface area contributed by atoms with Crippen LogP contribution >= 0.6 is 12.2 Å². The molecule has 25 heavy (non-hydrogen) atoms. The number of hydrogen-bond donors (Lipinski definition) is 2. The number of halogens is 3. The maximum absolute atomic E-state index is 13.0. The van der Waals surface area contributed by atoms with Gasteiger partial charge < -0.3 is 15.4 Å². The van der Waals surface area contributed by atoms with Gasteiger partial charge in [0.25, 0.3) is 0 Å². The SMILES string of the molecule is COc1cccnc1C1CC1NC(=S)Nc1ncccc1C(F)(F)F. The Morgan fingerprint density at radius 1 is 1.24 bits per heavy atom. The van der Waals surface area contributed by atoms with Crippen LogP contribution in [0.5, 0.6) is 5.75 Å². The molecule has 132 valence electrons. The molecular weight excluding hydrogens is 353 g/mol. The lowest BCUT2D eigenvalue weighted by Crippen LogP contribution is -2.32. The summed E-state index contributed by atoms with van der Waals surface area (Å²) in [6.45, 7) is 0. The fourth-order valence-electron chi connectivity index (χ4n) is 2.56. The largest absolute Gasteiger partial charge is 0.495 e. The van der Waals surface area contributed by atoms with Gasteiger partial charge in [0.1, 0.15) is 11.6 Å². The van der Waals surface area contributed by atoms with Gasteiger partial charge >= 0.3 is 6.18 Å². The van der Waals surface area contributed by atoms with Crippen LogP contribution in [0.25, 0.3) is 0 Å². The molecule has 1 saturated carbocycles. The minimum absolute atomic E-state index is 0.0122. The molecule has 0 bridgehead atoms. The van der Waals surface area contributed by atoms with Crippen molar-refractivity contribution >= 4 is 23.1 Å². The Labute approximate surface area is 147 Å². The van der Waals surface area contributed by atoms with E-state index in [4.69, 9.17) is 17.0 Å². The average Bonchev–Trinajstić information content (AvgIpc) is 3.33. The van der Waals surface area contributed by atoms with Gasteiger partial charge in [0.15, 0.2) is 5.11 Å².